The fourth-order valence-electron chi connectivity index (χ4n) is 1.58. The summed E-state index contributed by atoms with van der Waals surface area (Å²) in [6, 6.07) is 3.29. The van der Waals surface area contributed by atoms with E-state index in [4.69, 9.17) is 16.3 Å². The van der Waals surface area contributed by atoms with Crippen LogP contribution in [0.5, 0.6) is 5.88 Å². The Morgan fingerprint density at radius 3 is 2.84 bits per heavy atom. The van der Waals surface area contributed by atoms with Crippen LogP contribution in [0.3, 0.4) is 0 Å². The first-order chi connectivity index (χ1) is 9.01. The van der Waals surface area contributed by atoms with E-state index in [9.17, 15) is 4.79 Å². The molecular weight excluding hydrogens is 268 g/mol. The van der Waals surface area contributed by atoms with E-state index in [1.807, 2.05) is 6.92 Å². The number of ether oxygens (including phenoxy) is 1. The van der Waals surface area contributed by atoms with E-state index in [1.165, 1.54) is 11.8 Å². The van der Waals surface area contributed by atoms with Crippen LogP contribution in [-0.4, -0.2) is 27.8 Å². The second-order valence-electron chi connectivity index (χ2n) is 4.00. The Kier molecular flexibility index (Phi) is 3.71. The van der Waals surface area contributed by atoms with Gasteiger partial charge in [-0.3, -0.25) is 4.79 Å². The number of rotatable bonds is 3. The Morgan fingerprint density at radius 1 is 1.47 bits per heavy atom. The fraction of sp³-hybridized carbons (Fsp3) is 0.250. The van der Waals surface area contributed by atoms with Gasteiger partial charge in [-0.25, -0.2) is 9.67 Å². The third-order valence-corrected chi connectivity index (χ3v) is 2.80. The van der Waals surface area contributed by atoms with Gasteiger partial charge in [-0.1, -0.05) is 11.6 Å². The highest BCUT2D eigenvalue weighted by Crippen LogP contribution is 2.21. The van der Waals surface area contributed by atoms with Crippen molar-refractivity contribution >= 4 is 23.2 Å². The standard InChI is InChI=1S/C12H13ClN4O2/c1-7-4-8(11(13)14-6-7)15-12(18)9-5-10(19-3)17(2)16-9/h4-6H,1-3H3,(H,15,18). The number of hydrogen-bond donors (Lipinski definition) is 1. The molecule has 2 aromatic heterocycles. The molecule has 0 aliphatic carbocycles. The van der Waals surface area contributed by atoms with Gasteiger partial charge in [0.15, 0.2) is 10.8 Å². The topological polar surface area (TPSA) is 69.0 Å². The molecule has 2 heterocycles. The number of carbonyl (C=O) groups is 1. The van der Waals surface area contributed by atoms with Gasteiger partial charge >= 0.3 is 0 Å². The van der Waals surface area contributed by atoms with Crippen LogP contribution in [0.4, 0.5) is 5.69 Å². The minimum atomic E-state index is -0.367. The van der Waals surface area contributed by atoms with Crippen molar-refractivity contribution in [1.29, 1.82) is 0 Å². The van der Waals surface area contributed by atoms with Crippen molar-refractivity contribution in [2.45, 2.75) is 6.92 Å². The zero-order valence-electron chi connectivity index (χ0n) is 10.8. The molecule has 0 bridgehead atoms. The van der Waals surface area contributed by atoms with Gasteiger partial charge < -0.3 is 10.1 Å². The first kappa shape index (κ1) is 13.4. The number of nitrogens with one attached hydrogen (secondary N) is 1. The summed E-state index contributed by atoms with van der Waals surface area (Å²) in [5, 5.41) is 6.95. The monoisotopic (exact) mass is 280 g/mol. The molecule has 2 rings (SSSR count). The Labute approximate surface area is 115 Å². The number of methoxy groups -OCH3 is 1. The molecule has 0 aromatic carbocycles. The Hall–Kier alpha value is -2.08. The minimum Gasteiger partial charge on any atom is -0.481 e. The van der Waals surface area contributed by atoms with Gasteiger partial charge in [0.1, 0.15) is 0 Å². The van der Waals surface area contributed by atoms with E-state index in [2.05, 4.69) is 15.4 Å². The lowest BCUT2D eigenvalue weighted by Crippen LogP contribution is -2.13. The van der Waals surface area contributed by atoms with E-state index >= 15 is 0 Å². The van der Waals surface area contributed by atoms with Crippen LogP contribution in [0.1, 0.15) is 16.1 Å². The van der Waals surface area contributed by atoms with Crippen molar-refractivity contribution < 1.29 is 9.53 Å². The van der Waals surface area contributed by atoms with Gasteiger partial charge in [0.05, 0.1) is 12.8 Å². The Balaban J connectivity index is 2.22. The zero-order chi connectivity index (χ0) is 14.0. The van der Waals surface area contributed by atoms with Crippen LogP contribution in [-0.2, 0) is 7.05 Å². The van der Waals surface area contributed by atoms with E-state index < -0.39 is 0 Å². The normalized spacial score (nSPS) is 10.3. The average molecular weight is 281 g/mol. The smallest absolute Gasteiger partial charge is 0.276 e. The predicted molar refractivity (Wildman–Crippen MR) is 71.7 cm³/mol. The predicted octanol–water partition coefficient (Wildman–Crippen LogP) is 2.04. The van der Waals surface area contributed by atoms with Gasteiger partial charge in [-0.2, -0.15) is 5.10 Å². The second kappa shape index (κ2) is 5.27. The quantitative estimate of drug-likeness (QED) is 0.874. The summed E-state index contributed by atoms with van der Waals surface area (Å²) in [4.78, 5) is 16.0. The lowest BCUT2D eigenvalue weighted by molar-refractivity contribution is 0.102. The lowest BCUT2D eigenvalue weighted by Gasteiger charge is -2.05. The van der Waals surface area contributed by atoms with Crippen molar-refractivity contribution in [3.8, 4) is 5.88 Å². The van der Waals surface area contributed by atoms with Crippen LogP contribution in [0.25, 0.3) is 0 Å². The number of halogens is 1. The van der Waals surface area contributed by atoms with Crippen molar-refractivity contribution in [1.82, 2.24) is 14.8 Å². The van der Waals surface area contributed by atoms with Gasteiger partial charge in [0.2, 0.25) is 5.88 Å². The van der Waals surface area contributed by atoms with Gasteiger partial charge in [-0.15, -0.1) is 0 Å². The molecular formula is C12H13ClN4O2. The highest BCUT2D eigenvalue weighted by molar-refractivity contribution is 6.32. The minimum absolute atomic E-state index is 0.238. The number of anilines is 1. The van der Waals surface area contributed by atoms with Gasteiger partial charge in [0.25, 0.3) is 5.91 Å². The van der Waals surface area contributed by atoms with Crippen LogP contribution in [0.2, 0.25) is 5.15 Å². The number of pyridine rings is 1. The molecule has 6 nitrogen and oxygen atoms in total. The molecule has 100 valence electrons. The maximum absolute atomic E-state index is 12.0. The third kappa shape index (κ3) is 2.85. The van der Waals surface area contributed by atoms with E-state index in [0.29, 0.717) is 11.6 Å². The van der Waals surface area contributed by atoms with E-state index in [-0.39, 0.29) is 16.8 Å². The fourth-order valence-corrected chi connectivity index (χ4v) is 1.73. The molecule has 7 heteroatoms. The average Bonchev–Trinajstić information content (AvgIpc) is 2.75. The molecule has 0 saturated heterocycles. The molecule has 0 saturated carbocycles. The second-order valence-corrected chi connectivity index (χ2v) is 4.36. The first-order valence-electron chi connectivity index (χ1n) is 5.53. The van der Waals surface area contributed by atoms with Crippen molar-refractivity contribution in [3.05, 3.63) is 34.7 Å². The van der Waals surface area contributed by atoms with E-state index in [0.717, 1.165) is 5.56 Å². The maximum atomic E-state index is 12.0. The maximum Gasteiger partial charge on any atom is 0.276 e. The van der Waals surface area contributed by atoms with Crippen molar-refractivity contribution in [2.24, 2.45) is 7.05 Å². The van der Waals surface area contributed by atoms with Crippen molar-refractivity contribution in [2.75, 3.05) is 12.4 Å². The number of aryl methyl sites for hydroxylation is 2. The summed E-state index contributed by atoms with van der Waals surface area (Å²) >= 11 is 5.92. The van der Waals surface area contributed by atoms with Crippen molar-refractivity contribution in [3.63, 3.8) is 0 Å². The molecule has 0 aliphatic rings. The van der Waals surface area contributed by atoms with Crippen LogP contribution in [0.15, 0.2) is 18.3 Å². The zero-order valence-corrected chi connectivity index (χ0v) is 11.5. The summed E-state index contributed by atoms with van der Waals surface area (Å²) in [6.07, 6.45) is 1.63. The largest absolute Gasteiger partial charge is 0.481 e. The number of aromatic nitrogens is 3. The summed E-state index contributed by atoms with van der Waals surface area (Å²) in [5.74, 6) is 0.131. The molecule has 1 N–H and O–H groups in total. The molecule has 1 amide bonds. The number of hydrogen-bond acceptors (Lipinski definition) is 4. The van der Waals surface area contributed by atoms with E-state index in [1.54, 1.807) is 25.4 Å². The molecule has 0 radical (unpaired) electrons. The molecule has 0 spiro atoms. The molecule has 19 heavy (non-hydrogen) atoms. The number of amides is 1. The highest BCUT2D eigenvalue weighted by Gasteiger charge is 2.15. The van der Waals surface area contributed by atoms with Gasteiger partial charge in [-0.05, 0) is 18.6 Å². The summed E-state index contributed by atoms with van der Waals surface area (Å²) < 4.78 is 6.53. The molecule has 0 unspecified atom stereocenters. The Morgan fingerprint density at radius 2 is 2.21 bits per heavy atom. The Bertz CT molecular complexity index is 624. The van der Waals surface area contributed by atoms with Crippen LogP contribution in [0, 0.1) is 6.92 Å². The lowest BCUT2D eigenvalue weighted by atomic mass is 10.3. The molecule has 0 atom stereocenters. The summed E-state index contributed by atoms with van der Waals surface area (Å²) in [6.45, 7) is 1.86. The molecule has 2 aromatic rings. The van der Waals surface area contributed by atoms with Crippen LogP contribution < -0.4 is 10.1 Å². The number of nitrogens with zero attached hydrogens (tertiary/aromatic N) is 3. The first-order valence-corrected chi connectivity index (χ1v) is 5.90. The summed E-state index contributed by atoms with van der Waals surface area (Å²) in [5.41, 5.74) is 1.60. The molecule has 0 aliphatic heterocycles. The SMILES string of the molecule is COc1cc(C(=O)Nc2cc(C)cnc2Cl)nn1C. The third-order valence-electron chi connectivity index (χ3n) is 2.50. The van der Waals surface area contributed by atoms with Gasteiger partial charge in [0, 0.05) is 19.3 Å². The number of carbonyl (C=O) groups excluding carboxylic acids is 1. The molecule has 0 fully saturated rings. The summed E-state index contributed by atoms with van der Waals surface area (Å²) in [7, 11) is 3.21. The van der Waals surface area contributed by atoms with Crippen LogP contribution >= 0.6 is 11.6 Å². The highest BCUT2D eigenvalue weighted by atomic mass is 35.5.